The molecule has 0 aliphatic carbocycles. The number of anilines is 2. The van der Waals surface area contributed by atoms with Gasteiger partial charge in [-0.15, -0.1) is 5.10 Å². The third-order valence-corrected chi connectivity index (χ3v) is 7.08. The van der Waals surface area contributed by atoms with E-state index in [4.69, 9.17) is 4.74 Å². The normalized spacial score (nSPS) is 16.9. The van der Waals surface area contributed by atoms with Crippen molar-refractivity contribution in [2.24, 2.45) is 0 Å². The molecule has 0 atom stereocenters. The van der Waals surface area contributed by atoms with Crippen molar-refractivity contribution in [2.45, 2.75) is 19.8 Å². The van der Waals surface area contributed by atoms with Crippen LogP contribution in [0.5, 0.6) is 0 Å². The second-order valence-corrected chi connectivity index (χ2v) is 9.32. The lowest BCUT2D eigenvalue weighted by atomic mass is 10.1. The molecule has 3 heterocycles. The Kier molecular flexibility index (Phi) is 8.13. The number of methoxy groups -OCH3 is 1. The number of nitrogens with zero attached hydrogens (tertiary/aromatic N) is 5. The summed E-state index contributed by atoms with van der Waals surface area (Å²) in [6.07, 6.45) is 1.06. The maximum absolute atomic E-state index is 13.1. The van der Waals surface area contributed by atoms with Crippen LogP contribution in [-0.2, 0) is 4.74 Å². The van der Waals surface area contributed by atoms with E-state index in [9.17, 15) is 14.4 Å². The molecule has 3 amide bonds. The van der Waals surface area contributed by atoms with Gasteiger partial charge in [-0.2, -0.15) is 0 Å². The number of hydrogen-bond acceptors (Lipinski definition) is 9. The number of carbonyl (C=O) groups is 3. The topological polar surface area (TPSA) is 120 Å². The highest BCUT2D eigenvalue weighted by molar-refractivity contribution is 7.07. The zero-order valence-electron chi connectivity index (χ0n) is 20.1. The predicted octanol–water partition coefficient (Wildman–Crippen LogP) is 1.81. The summed E-state index contributed by atoms with van der Waals surface area (Å²) in [5, 5.41) is 10.0. The first-order chi connectivity index (χ1) is 17.0. The third kappa shape index (κ3) is 5.88. The summed E-state index contributed by atoms with van der Waals surface area (Å²) in [6, 6.07) is 5.38. The molecule has 0 spiro atoms. The third-order valence-electron chi connectivity index (χ3n) is 6.26. The maximum Gasteiger partial charge on any atom is 0.411 e. The Hall–Kier alpha value is -3.25. The van der Waals surface area contributed by atoms with Gasteiger partial charge in [-0.1, -0.05) is 4.49 Å². The Bertz CT molecular complexity index is 1070. The van der Waals surface area contributed by atoms with Crippen molar-refractivity contribution in [3.05, 3.63) is 34.3 Å². The second-order valence-electron chi connectivity index (χ2n) is 8.56. The summed E-state index contributed by atoms with van der Waals surface area (Å²) in [4.78, 5) is 44.5. The van der Waals surface area contributed by atoms with Crippen molar-refractivity contribution in [3.8, 4) is 0 Å². The van der Waals surface area contributed by atoms with Crippen molar-refractivity contribution >= 4 is 40.8 Å². The molecule has 0 radical (unpaired) electrons. The number of benzene rings is 1. The lowest BCUT2D eigenvalue weighted by Crippen LogP contribution is -2.35. The average Bonchev–Trinajstić information content (AvgIpc) is 3.06. The fraction of sp³-hybridized carbons (Fsp3) is 0.522. The van der Waals surface area contributed by atoms with Gasteiger partial charge in [0.1, 0.15) is 4.88 Å². The van der Waals surface area contributed by atoms with E-state index in [0.29, 0.717) is 61.1 Å². The summed E-state index contributed by atoms with van der Waals surface area (Å²) >= 11 is 1.12. The van der Waals surface area contributed by atoms with Crippen molar-refractivity contribution < 1.29 is 19.1 Å². The Labute approximate surface area is 208 Å². The summed E-state index contributed by atoms with van der Waals surface area (Å²) in [5.74, 6) is -0.116. The van der Waals surface area contributed by atoms with Crippen LogP contribution in [0.1, 0.15) is 38.6 Å². The fourth-order valence-electron chi connectivity index (χ4n) is 4.37. The molecule has 2 aromatic rings. The minimum absolute atomic E-state index is 0.0554. The quantitative estimate of drug-likeness (QED) is 0.651. The molecule has 188 valence electrons. The summed E-state index contributed by atoms with van der Waals surface area (Å²) < 4.78 is 8.70. The monoisotopic (exact) mass is 501 g/mol. The molecule has 2 N–H and O–H groups in total. The highest BCUT2D eigenvalue weighted by Crippen LogP contribution is 2.29. The first-order valence-corrected chi connectivity index (χ1v) is 12.6. The number of hydrogen-bond donors (Lipinski definition) is 2. The molecule has 2 aliphatic heterocycles. The molecular formula is C23H31N7O4S. The molecule has 12 heteroatoms. The standard InChI is InChI=1S/C23H31N7O4S/c1-16-20(35-27-26-16)22(32)30-11-4-10-28(13-14-30)19-6-5-17(15-18(19)25-23(33)34-2)21(31)29-9-3-7-24-8-12-29/h5-6,15,24H,3-4,7-14H2,1-2H3,(H,25,33). The highest BCUT2D eigenvalue weighted by atomic mass is 32.1. The SMILES string of the molecule is COC(=O)Nc1cc(C(=O)N2CCCNCC2)ccc1N1CCCN(C(=O)c2snnc2C)CC1. The van der Waals surface area contributed by atoms with E-state index in [1.165, 1.54) is 7.11 Å². The van der Waals surface area contributed by atoms with Crippen LogP contribution in [0.2, 0.25) is 0 Å². The molecule has 1 aromatic carbocycles. The number of ether oxygens (including phenoxy) is 1. The van der Waals surface area contributed by atoms with Gasteiger partial charge in [-0.05, 0) is 56.0 Å². The zero-order valence-corrected chi connectivity index (χ0v) is 20.9. The van der Waals surface area contributed by atoms with Crippen LogP contribution in [0.25, 0.3) is 0 Å². The van der Waals surface area contributed by atoms with Crippen molar-refractivity contribution in [2.75, 3.05) is 69.7 Å². The number of nitrogens with one attached hydrogen (secondary N) is 2. The molecule has 0 unspecified atom stereocenters. The minimum atomic E-state index is -0.602. The Morgan fingerprint density at radius 3 is 2.57 bits per heavy atom. The number of amides is 3. The summed E-state index contributed by atoms with van der Waals surface area (Å²) in [7, 11) is 1.31. The van der Waals surface area contributed by atoms with E-state index in [1.807, 2.05) is 15.9 Å². The van der Waals surface area contributed by atoms with Crippen LogP contribution in [-0.4, -0.2) is 96.8 Å². The van der Waals surface area contributed by atoms with Gasteiger partial charge in [-0.3, -0.25) is 14.9 Å². The highest BCUT2D eigenvalue weighted by Gasteiger charge is 2.26. The van der Waals surface area contributed by atoms with Gasteiger partial charge in [0.15, 0.2) is 0 Å². The Balaban J connectivity index is 1.53. The zero-order chi connectivity index (χ0) is 24.8. The lowest BCUT2D eigenvalue weighted by Gasteiger charge is -2.27. The maximum atomic E-state index is 13.1. The predicted molar refractivity (Wildman–Crippen MR) is 133 cm³/mol. The van der Waals surface area contributed by atoms with Gasteiger partial charge in [0, 0.05) is 51.4 Å². The number of rotatable bonds is 4. The molecule has 35 heavy (non-hydrogen) atoms. The Morgan fingerprint density at radius 1 is 1.00 bits per heavy atom. The van der Waals surface area contributed by atoms with E-state index in [1.54, 1.807) is 19.1 Å². The molecule has 2 saturated heterocycles. The first-order valence-electron chi connectivity index (χ1n) is 11.8. The van der Waals surface area contributed by atoms with Crippen LogP contribution in [0, 0.1) is 6.92 Å². The van der Waals surface area contributed by atoms with E-state index in [-0.39, 0.29) is 11.8 Å². The molecule has 0 bridgehead atoms. The van der Waals surface area contributed by atoms with Crippen LogP contribution in [0.15, 0.2) is 18.2 Å². The van der Waals surface area contributed by atoms with Crippen LogP contribution in [0.4, 0.5) is 16.2 Å². The molecule has 11 nitrogen and oxygen atoms in total. The van der Waals surface area contributed by atoms with Gasteiger partial charge >= 0.3 is 6.09 Å². The smallest absolute Gasteiger partial charge is 0.411 e. The largest absolute Gasteiger partial charge is 0.453 e. The van der Waals surface area contributed by atoms with E-state index in [0.717, 1.165) is 43.2 Å². The van der Waals surface area contributed by atoms with Gasteiger partial charge in [0.2, 0.25) is 0 Å². The number of carbonyl (C=O) groups excluding carboxylic acids is 3. The van der Waals surface area contributed by atoms with Crippen molar-refractivity contribution in [3.63, 3.8) is 0 Å². The van der Waals surface area contributed by atoms with E-state index < -0.39 is 6.09 Å². The van der Waals surface area contributed by atoms with Crippen LogP contribution >= 0.6 is 11.5 Å². The molecule has 1 aromatic heterocycles. The van der Waals surface area contributed by atoms with Crippen molar-refractivity contribution in [1.82, 2.24) is 24.7 Å². The second kappa shape index (κ2) is 11.5. The van der Waals surface area contributed by atoms with Gasteiger partial charge in [0.25, 0.3) is 11.8 Å². The summed E-state index contributed by atoms with van der Waals surface area (Å²) in [6.45, 7) is 7.20. The van der Waals surface area contributed by atoms with E-state index in [2.05, 4.69) is 25.1 Å². The van der Waals surface area contributed by atoms with Gasteiger partial charge < -0.3 is 24.8 Å². The van der Waals surface area contributed by atoms with Crippen LogP contribution < -0.4 is 15.5 Å². The molecule has 0 saturated carbocycles. The molecule has 2 aliphatic rings. The molecule has 4 rings (SSSR count). The Morgan fingerprint density at radius 2 is 1.80 bits per heavy atom. The number of aryl methyl sites for hydroxylation is 1. The first kappa shape index (κ1) is 24.9. The minimum Gasteiger partial charge on any atom is -0.453 e. The molecule has 2 fully saturated rings. The average molecular weight is 502 g/mol. The lowest BCUT2D eigenvalue weighted by molar-refractivity contribution is 0.0760. The van der Waals surface area contributed by atoms with Gasteiger partial charge in [-0.25, -0.2) is 4.79 Å². The van der Waals surface area contributed by atoms with Crippen LogP contribution in [0.3, 0.4) is 0 Å². The van der Waals surface area contributed by atoms with E-state index >= 15 is 0 Å². The number of aromatic nitrogens is 2. The van der Waals surface area contributed by atoms with Gasteiger partial charge in [0.05, 0.1) is 24.2 Å². The van der Waals surface area contributed by atoms with Crippen molar-refractivity contribution in [1.29, 1.82) is 0 Å². The summed E-state index contributed by atoms with van der Waals surface area (Å²) in [5.41, 5.74) is 2.46. The fourth-order valence-corrected chi connectivity index (χ4v) is 5.00. The molecular weight excluding hydrogens is 470 g/mol.